The van der Waals surface area contributed by atoms with Crippen molar-refractivity contribution < 1.29 is 14.6 Å². The van der Waals surface area contributed by atoms with Crippen LogP contribution in [0.25, 0.3) is 11.4 Å². The Hall–Kier alpha value is -1.72. The van der Waals surface area contributed by atoms with Crippen molar-refractivity contribution in [3.8, 4) is 11.4 Å². The smallest absolute Gasteiger partial charge is 0.142 e. The van der Waals surface area contributed by atoms with E-state index in [-0.39, 0.29) is 19.0 Å². The minimum atomic E-state index is -0.880. The summed E-state index contributed by atoms with van der Waals surface area (Å²) >= 11 is 0. The zero-order valence-electron chi connectivity index (χ0n) is 9.12. The Morgan fingerprint density at radius 3 is 2.82 bits per heavy atom. The highest BCUT2D eigenvalue weighted by molar-refractivity contribution is 5.56. The van der Waals surface area contributed by atoms with Gasteiger partial charge in [-0.15, -0.1) is 0 Å². The van der Waals surface area contributed by atoms with E-state index < -0.39 is 6.10 Å². The van der Waals surface area contributed by atoms with Crippen LogP contribution in [0, 0.1) is 5.82 Å². The van der Waals surface area contributed by atoms with Crippen molar-refractivity contribution in [1.82, 2.24) is 9.55 Å². The van der Waals surface area contributed by atoms with Crippen LogP contribution >= 0.6 is 0 Å². The number of nitrogens with zero attached hydrogens (tertiary/aromatic N) is 2. The average Bonchev–Trinajstić information content (AvgIpc) is 2.77. The first-order valence-electron chi connectivity index (χ1n) is 5.27. The minimum Gasteiger partial charge on any atom is -0.394 e. The van der Waals surface area contributed by atoms with Gasteiger partial charge in [-0.25, -0.2) is 9.37 Å². The Morgan fingerprint density at radius 2 is 2.12 bits per heavy atom. The van der Waals surface area contributed by atoms with E-state index in [2.05, 4.69) is 4.98 Å². The van der Waals surface area contributed by atoms with Crippen LogP contribution in [0.15, 0.2) is 36.7 Å². The van der Waals surface area contributed by atoms with Crippen molar-refractivity contribution in [3.05, 3.63) is 42.5 Å². The minimum absolute atomic E-state index is 0.181. The molecule has 0 spiro atoms. The molecule has 17 heavy (non-hydrogen) atoms. The fourth-order valence-electron chi connectivity index (χ4n) is 1.63. The van der Waals surface area contributed by atoms with Crippen molar-refractivity contribution in [2.75, 3.05) is 6.61 Å². The Balaban J connectivity index is 2.34. The second-order valence-electron chi connectivity index (χ2n) is 3.72. The maximum absolute atomic E-state index is 13.6. The lowest BCUT2D eigenvalue weighted by Crippen LogP contribution is -2.20. The number of aliphatic hydroxyl groups is 2. The molecule has 1 heterocycles. The van der Waals surface area contributed by atoms with Gasteiger partial charge in [0.1, 0.15) is 11.6 Å². The molecule has 1 atom stereocenters. The van der Waals surface area contributed by atoms with Crippen molar-refractivity contribution in [3.63, 3.8) is 0 Å². The molecule has 2 rings (SSSR count). The normalized spacial score (nSPS) is 12.6. The number of rotatable bonds is 4. The molecule has 0 aliphatic rings. The molecule has 0 fully saturated rings. The van der Waals surface area contributed by atoms with Crippen LogP contribution in [0.3, 0.4) is 0 Å². The van der Waals surface area contributed by atoms with Gasteiger partial charge in [0, 0.05) is 12.4 Å². The quantitative estimate of drug-likeness (QED) is 0.834. The van der Waals surface area contributed by atoms with Crippen molar-refractivity contribution in [2.24, 2.45) is 0 Å². The summed E-state index contributed by atoms with van der Waals surface area (Å²) in [5.74, 6) is 0.0778. The lowest BCUT2D eigenvalue weighted by atomic mass is 10.2. The van der Waals surface area contributed by atoms with Crippen molar-refractivity contribution >= 4 is 0 Å². The largest absolute Gasteiger partial charge is 0.394 e. The molecule has 0 amide bonds. The lowest BCUT2D eigenvalue weighted by Gasteiger charge is -2.11. The molecule has 0 saturated carbocycles. The molecule has 0 aliphatic carbocycles. The highest BCUT2D eigenvalue weighted by atomic mass is 19.1. The molecule has 4 nitrogen and oxygen atoms in total. The number of aliphatic hydroxyl groups excluding tert-OH is 2. The van der Waals surface area contributed by atoms with Gasteiger partial charge in [-0.2, -0.15) is 0 Å². The highest BCUT2D eigenvalue weighted by Gasteiger charge is 2.12. The number of benzene rings is 1. The summed E-state index contributed by atoms with van der Waals surface area (Å²) in [6, 6.07) is 6.31. The number of imidazole rings is 1. The molecule has 0 aliphatic heterocycles. The molecule has 0 bridgehead atoms. The zero-order valence-corrected chi connectivity index (χ0v) is 9.12. The van der Waals surface area contributed by atoms with Gasteiger partial charge in [0.2, 0.25) is 0 Å². The maximum atomic E-state index is 13.6. The molecule has 1 unspecified atom stereocenters. The molecular formula is C12H13FN2O2. The van der Waals surface area contributed by atoms with Crippen molar-refractivity contribution in [2.45, 2.75) is 12.6 Å². The first-order chi connectivity index (χ1) is 8.22. The number of hydrogen-bond donors (Lipinski definition) is 2. The van der Waals surface area contributed by atoms with Crippen LogP contribution < -0.4 is 0 Å². The number of aromatic nitrogens is 2. The molecule has 1 aromatic heterocycles. The van der Waals surface area contributed by atoms with E-state index in [1.165, 1.54) is 12.3 Å². The Labute approximate surface area is 98.0 Å². The second-order valence-corrected chi connectivity index (χ2v) is 3.72. The van der Waals surface area contributed by atoms with Gasteiger partial charge in [0.15, 0.2) is 0 Å². The fraction of sp³-hybridized carbons (Fsp3) is 0.250. The second kappa shape index (κ2) is 5.07. The summed E-state index contributed by atoms with van der Waals surface area (Å²) in [5, 5.41) is 18.2. The molecule has 5 heteroatoms. The Kier molecular flexibility index (Phi) is 3.51. The summed E-state index contributed by atoms with van der Waals surface area (Å²) in [6.45, 7) is -0.158. The molecule has 0 radical (unpaired) electrons. The van der Waals surface area contributed by atoms with Crippen LogP contribution in [0.2, 0.25) is 0 Å². The third-order valence-electron chi connectivity index (χ3n) is 2.45. The van der Waals surface area contributed by atoms with E-state index in [0.717, 1.165) is 0 Å². The van der Waals surface area contributed by atoms with Gasteiger partial charge in [-0.05, 0) is 12.1 Å². The van der Waals surface area contributed by atoms with Crippen LogP contribution in [0.4, 0.5) is 4.39 Å². The van der Waals surface area contributed by atoms with Gasteiger partial charge >= 0.3 is 0 Å². The zero-order chi connectivity index (χ0) is 12.3. The Morgan fingerprint density at radius 1 is 1.35 bits per heavy atom. The predicted octanol–water partition coefficient (Wildman–Crippen LogP) is 1.04. The Bertz CT molecular complexity index is 499. The predicted molar refractivity (Wildman–Crippen MR) is 60.7 cm³/mol. The molecule has 2 N–H and O–H groups in total. The van der Waals surface area contributed by atoms with E-state index >= 15 is 0 Å². The van der Waals surface area contributed by atoms with Gasteiger partial charge in [-0.3, -0.25) is 0 Å². The maximum Gasteiger partial charge on any atom is 0.142 e. The first-order valence-corrected chi connectivity index (χ1v) is 5.27. The third kappa shape index (κ3) is 2.51. The standard InChI is InChI=1S/C12H13FN2O2/c13-11-4-2-1-3-10(11)12-14-5-6-15(12)7-9(17)8-16/h1-6,9,16-17H,7-8H2. The van der Waals surface area contributed by atoms with E-state index in [4.69, 9.17) is 5.11 Å². The highest BCUT2D eigenvalue weighted by Crippen LogP contribution is 2.20. The number of halogens is 1. The SMILES string of the molecule is OCC(O)Cn1ccnc1-c1ccccc1F. The van der Waals surface area contributed by atoms with Gasteiger partial charge in [0.05, 0.1) is 24.8 Å². The van der Waals surface area contributed by atoms with E-state index in [9.17, 15) is 9.50 Å². The van der Waals surface area contributed by atoms with Gasteiger partial charge in [-0.1, -0.05) is 12.1 Å². The molecule has 90 valence electrons. The number of hydrogen-bond acceptors (Lipinski definition) is 3. The molecule has 1 aromatic carbocycles. The topological polar surface area (TPSA) is 58.3 Å². The average molecular weight is 236 g/mol. The summed E-state index contributed by atoms with van der Waals surface area (Å²) in [7, 11) is 0. The van der Waals surface area contributed by atoms with E-state index in [1.807, 2.05) is 0 Å². The molecule has 2 aromatic rings. The van der Waals surface area contributed by atoms with E-state index in [0.29, 0.717) is 11.4 Å². The van der Waals surface area contributed by atoms with Gasteiger partial charge < -0.3 is 14.8 Å². The van der Waals surface area contributed by atoms with Crippen LogP contribution in [-0.2, 0) is 6.54 Å². The third-order valence-corrected chi connectivity index (χ3v) is 2.45. The monoisotopic (exact) mass is 236 g/mol. The van der Waals surface area contributed by atoms with Crippen molar-refractivity contribution in [1.29, 1.82) is 0 Å². The summed E-state index contributed by atoms with van der Waals surface area (Å²) in [4.78, 5) is 4.06. The summed E-state index contributed by atoms with van der Waals surface area (Å²) in [6.07, 6.45) is 2.29. The molecular weight excluding hydrogens is 223 g/mol. The van der Waals surface area contributed by atoms with Crippen LogP contribution in [-0.4, -0.2) is 32.5 Å². The van der Waals surface area contributed by atoms with Gasteiger partial charge in [0.25, 0.3) is 0 Å². The summed E-state index contributed by atoms with van der Waals surface area (Å²) in [5.41, 5.74) is 0.377. The summed E-state index contributed by atoms with van der Waals surface area (Å²) < 4.78 is 15.2. The van der Waals surface area contributed by atoms with E-state index in [1.54, 1.807) is 29.0 Å². The first kappa shape index (κ1) is 11.8. The lowest BCUT2D eigenvalue weighted by molar-refractivity contribution is 0.0815. The van der Waals surface area contributed by atoms with Crippen LogP contribution in [0.1, 0.15) is 0 Å². The van der Waals surface area contributed by atoms with Crippen LogP contribution in [0.5, 0.6) is 0 Å². The fourth-order valence-corrected chi connectivity index (χ4v) is 1.63. The molecule has 0 saturated heterocycles.